The Bertz CT molecular complexity index is 1360. The molecule has 0 aliphatic carbocycles. The van der Waals surface area contributed by atoms with Crippen LogP contribution in [0.3, 0.4) is 0 Å². The summed E-state index contributed by atoms with van der Waals surface area (Å²) in [6, 6.07) is 0. The predicted molar refractivity (Wildman–Crippen MR) is 240 cm³/mol. The maximum absolute atomic E-state index is 12.6. The Morgan fingerprint density at radius 3 is 1.80 bits per heavy atom. The van der Waals surface area contributed by atoms with Crippen molar-refractivity contribution in [3.8, 4) is 0 Å². The number of phosphoric acid groups is 1. The van der Waals surface area contributed by atoms with Crippen LogP contribution in [0.2, 0.25) is 0 Å². The summed E-state index contributed by atoms with van der Waals surface area (Å²) in [7, 11) is -4.45. The molecule has 1 unspecified atom stereocenters. The molecule has 5 N–H and O–H groups in total. The second-order valence-electron chi connectivity index (χ2n) is 13.9. The fraction of sp³-hybridized carbons (Fsp3) is 0.574. The number of rotatable bonds is 38. The molecule has 4 atom stereocenters. The van der Waals surface area contributed by atoms with Crippen molar-refractivity contribution < 1.29 is 47.8 Å². The Balaban J connectivity index is 4.50. The van der Waals surface area contributed by atoms with Gasteiger partial charge in [0.1, 0.15) is 6.61 Å². The van der Waals surface area contributed by atoms with Crippen molar-refractivity contribution in [3.63, 3.8) is 0 Å². The number of nitrogens with two attached hydrogens (primary N) is 1. The number of phosphoric ester groups is 1. The second-order valence-corrected chi connectivity index (χ2v) is 15.3. The standard InChI is InChI=1S/C47H76NO10P/c1-3-5-7-9-11-12-13-14-15-16-17-18-19-20-21-22-23-25-31-37-47(52)58-45(42-57-59(53,54)56-40-39-48)41-55-46(51)38-32-36-44(50)35-30-27-26-29-34-43(49)33-28-24-10-8-6-4-2/h5,7,11-12,14-15,17-18,20-21,24,26-30,34-35,43-45,49-50H,3-4,6,8-10,13,16,19,22-23,25,31-33,36-42,48H2,1-2H3,(H,53,54)/b7-5-,12-11-,15-14-,18-17-,21-20-,27-26+,28-24-,34-29+,35-30-/t43-,44-,45-/m1/s1. The molecular weight excluding hydrogens is 769 g/mol. The van der Waals surface area contributed by atoms with E-state index in [0.717, 1.165) is 57.8 Å². The number of allylic oxidation sites excluding steroid dienone is 15. The van der Waals surface area contributed by atoms with Crippen LogP contribution in [0.1, 0.15) is 129 Å². The molecule has 0 fully saturated rings. The maximum atomic E-state index is 12.6. The van der Waals surface area contributed by atoms with Crippen LogP contribution >= 0.6 is 7.82 Å². The van der Waals surface area contributed by atoms with E-state index in [2.05, 4.69) is 80.7 Å². The van der Waals surface area contributed by atoms with Crippen LogP contribution < -0.4 is 5.73 Å². The van der Waals surface area contributed by atoms with Crippen LogP contribution in [0, 0.1) is 0 Å². The van der Waals surface area contributed by atoms with Crippen molar-refractivity contribution in [1.82, 2.24) is 0 Å². The zero-order chi connectivity index (χ0) is 43.5. The summed E-state index contributed by atoms with van der Waals surface area (Å²) in [5, 5.41) is 20.3. The van der Waals surface area contributed by atoms with Crippen molar-refractivity contribution in [2.75, 3.05) is 26.4 Å². The predicted octanol–water partition coefficient (Wildman–Crippen LogP) is 10.3. The Morgan fingerprint density at radius 1 is 0.627 bits per heavy atom. The minimum atomic E-state index is -4.45. The Labute approximate surface area is 355 Å². The normalized spacial score (nSPS) is 15.4. The fourth-order valence-electron chi connectivity index (χ4n) is 5.09. The lowest BCUT2D eigenvalue weighted by molar-refractivity contribution is -0.161. The molecule has 0 aromatic carbocycles. The summed E-state index contributed by atoms with van der Waals surface area (Å²) in [6.45, 7) is 3.20. The molecule has 0 aliphatic heterocycles. The van der Waals surface area contributed by atoms with Gasteiger partial charge in [0, 0.05) is 19.4 Å². The van der Waals surface area contributed by atoms with Gasteiger partial charge in [-0.15, -0.1) is 0 Å². The molecule has 0 aromatic rings. The van der Waals surface area contributed by atoms with Gasteiger partial charge in [0.2, 0.25) is 0 Å². The van der Waals surface area contributed by atoms with Crippen molar-refractivity contribution in [2.45, 2.75) is 148 Å². The fourth-order valence-corrected chi connectivity index (χ4v) is 5.85. The van der Waals surface area contributed by atoms with Crippen LogP contribution in [0.15, 0.2) is 109 Å². The molecular formula is C47H76NO10P. The van der Waals surface area contributed by atoms with E-state index in [1.165, 1.54) is 19.3 Å². The molecule has 0 aromatic heterocycles. The second kappa shape index (κ2) is 41.3. The van der Waals surface area contributed by atoms with Gasteiger partial charge in [0.05, 0.1) is 25.4 Å². The number of aliphatic hydroxyl groups excluding tert-OH is 2. The van der Waals surface area contributed by atoms with E-state index in [1.54, 1.807) is 36.5 Å². The van der Waals surface area contributed by atoms with E-state index in [9.17, 15) is 29.3 Å². The molecule has 0 saturated heterocycles. The highest BCUT2D eigenvalue weighted by atomic mass is 31.2. The zero-order valence-electron chi connectivity index (χ0n) is 35.9. The van der Waals surface area contributed by atoms with Crippen molar-refractivity contribution >= 4 is 19.8 Å². The van der Waals surface area contributed by atoms with Crippen LogP contribution in [-0.2, 0) is 32.7 Å². The number of aliphatic hydroxyl groups is 2. The number of ether oxygens (including phenoxy) is 2. The quantitative estimate of drug-likeness (QED) is 0.0153. The van der Waals surface area contributed by atoms with Gasteiger partial charge < -0.3 is 30.3 Å². The summed E-state index contributed by atoms with van der Waals surface area (Å²) in [5.41, 5.74) is 5.33. The number of hydrogen-bond donors (Lipinski definition) is 4. The smallest absolute Gasteiger partial charge is 0.462 e. The molecule has 11 nitrogen and oxygen atoms in total. The first-order chi connectivity index (χ1) is 28.6. The van der Waals surface area contributed by atoms with Crippen LogP contribution in [0.5, 0.6) is 0 Å². The summed E-state index contributed by atoms with van der Waals surface area (Å²) < 4.78 is 32.6. The highest BCUT2D eigenvalue weighted by Gasteiger charge is 2.26. The first-order valence-electron chi connectivity index (χ1n) is 21.6. The zero-order valence-corrected chi connectivity index (χ0v) is 36.8. The van der Waals surface area contributed by atoms with Crippen molar-refractivity contribution in [2.24, 2.45) is 5.73 Å². The summed E-state index contributed by atoms with van der Waals surface area (Å²) in [4.78, 5) is 34.9. The molecule has 0 saturated carbocycles. The average molecular weight is 846 g/mol. The maximum Gasteiger partial charge on any atom is 0.472 e. The van der Waals surface area contributed by atoms with Gasteiger partial charge in [-0.25, -0.2) is 4.57 Å². The van der Waals surface area contributed by atoms with Gasteiger partial charge in [-0.05, 0) is 83.5 Å². The molecule has 0 heterocycles. The monoisotopic (exact) mass is 846 g/mol. The van der Waals surface area contributed by atoms with Gasteiger partial charge in [-0.2, -0.15) is 0 Å². The minimum Gasteiger partial charge on any atom is -0.462 e. The third-order valence-electron chi connectivity index (χ3n) is 8.33. The first-order valence-corrected chi connectivity index (χ1v) is 23.1. The topological polar surface area (TPSA) is 175 Å². The SMILES string of the molecule is CC/C=C\C/C=C\C/C=C\C/C=C\C/C=C\CCCCCC(=O)O[C@H](COC(=O)CCC[C@H](O)\C=C/C=C/C=C/[C@H](O)C/C=C\CCCCC)COP(=O)(O)OCCN. The highest BCUT2D eigenvalue weighted by molar-refractivity contribution is 7.47. The van der Waals surface area contributed by atoms with Crippen molar-refractivity contribution in [1.29, 1.82) is 0 Å². The molecule has 0 amide bonds. The van der Waals surface area contributed by atoms with E-state index in [-0.39, 0.29) is 32.6 Å². The van der Waals surface area contributed by atoms with E-state index < -0.39 is 44.7 Å². The largest absolute Gasteiger partial charge is 0.472 e. The Morgan fingerprint density at radius 2 is 1.19 bits per heavy atom. The number of hydrogen-bond acceptors (Lipinski definition) is 10. The van der Waals surface area contributed by atoms with Gasteiger partial charge in [-0.3, -0.25) is 18.6 Å². The lowest BCUT2D eigenvalue weighted by Crippen LogP contribution is -2.29. The number of carbonyl (C=O) groups is 2. The Kier molecular flexibility index (Phi) is 38.9. The third kappa shape index (κ3) is 41.1. The lowest BCUT2D eigenvalue weighted by Gasteiger charge is -2.20. The van der Waals surface area contributed by atoms with Crippen LogP contribution in [-0.4, -0.2) is 71.7 Å². The molecule has 0 aliphatic rings. The van der Waals surface area contributed by atoms with Gasteiger partial charge in [-0.1, -0.05) is 142 Å². The molecule has 0 radical (unpaired) electrons. The van der Waals surface area contributed by atoms with Gasteiger partial charge in [0.15, 0.2) is 6.10 Å². The van der Waals surface area contributed by atoms with E-state index in [4.69, 9.17) is 24.3 Å². The summed E-state index contributed by atoms with van der Waals surface area (Å²) >= 11 is 0. The number of carbonyl (C=O) groups excluding carboxylic acids is 2. The van der Waals surface area contributed by atoms with E-state index >= 15 is 0 Å². The van der Waals surface area contributed by atoms with Crippen LogP contribution in [0.25, 0.3) is 0 Å². The molecule has 59 heavy (non-hydrogen) atoms. The highest BCUT2D eigenvalue weighted by Crippen LogP contribution is 2.43. The Hall–Kier alpha value is -3.41. The molecule has 0 bridgehead atoms. The van der Waals surface area contributed by atoms with E-state index in [0.29, 0.717) is 25.7 Å². The molecule has 334 valence electrons. The minimum absolute atomic E-state index is 0.00588. The average Bonchev–Trinajstić information content (AvgIpc) is 3.21. The summed E-state index contributed by atoms with van der Waals surface area (Å²) in [5.74, 6) is -1.12. The third-order valence-corrected chi connectivity index (χ3v) is 9.32. The van der Waals surface area contributed by atoms with E-state index in [1.807, 2.05) is 6.08 Å². The van der Waals surface area contributed by atoms with Gasteiger partial charge in [0.25, 0.3) is 0 Å². The molecule has 0 spiro atoms. The lowest BCUT2D eigenvalue weighted by atomic mass is 10.1. The number of esters is 2. The first kappa shape index (κ1) is 55.6. The molecule has 0 rings (SSSR count). The summed E-state index contributed by atoms with van der Waals surface area (Å²) in [6.07, 6.45) is 47.5. The van der Waals surface area contributed by atoms with Crippen LogP contribution in [0.4, 0.5) is 0 Å². The van der Waals surface area contributed by atoms with Crippen molar-refractivity contribution in [3.05, 3.63) is 109 Å². The molecule has 12 heteroatoms. The van der Waals surface area contributed by atoms with Gasteiger partial charge >= 0.3 is 19.8 Å². The number of unbranched alkanes of at least 4 members (excludes halogenated alkanes) is 6.